The SMILES string of the molecule is Oc1cc(-c2ncc3c(N4CC5CCC(C4)NC5)nc(OC[C@@]45CCCN4C[C@H](F)C5)nc3c2F)c2c(F)cccc2c1. The Kier molecular flexibility index (Phi) is 6.38. The van der Waals surface area contributed by atoms with Gasteiger partial charge < -0.3 is 20.1 Å². The summed E-state index contributed by atoms with van der Waals surface area (Å²) in [7, 11) is 0. The molecule has 5 aliphatic heterocycles. The Morgan fingerprint density at radius 1 is 1.12 bits per heavy atom. The lowest BCUT2D eigenvalue weighted by Gasteiger charge is -2.31. The first-order chi connectivity index (χ1) is 20.9. The van der Waals surface area contributed by atoms with Gasteiger partial charge in [0.25, 0.3) is 0 Å². The summed E-state index contributed by atoms with van der Waals surface area (Å²) in [5.41, 5.74) is -0.391. The molecule has 5 fully saturated rings. The molecule has 2 aromatic carbocycles. The van der Waals surface area contributed by atoms with Crippen LogP contribution in [-0.2, 0) is 0 Å². The highest BCUT2D eigenvalue weighted by atomic mass is 19.1. The molecule has 8 nitrogen and oxygen atoms in total. The average Bonchev–Trinajstić information content (AvgIpc) is 3.34. The van der Waals surface area contributed by atoms with E-state index in [-0.39, 0.29) is 46.6 Å². The van der Waals surface area contributed by atoms with Crippen molar-refractivity contribution in [3.8, 4) is 23.0 Å². The minimum Gasteiger partial charge on any atom is -0.508 e. The van der Waals surface area contributed by atoms with Crippen LogP contribution in [0.1, 0.15) is 32.1 Å². The van der Waals surface area contributed by atoms with E-state index in [1.54, 1.807) is 6.07 Å². The number of nitrogens with one attached hydrogen (secondary N) is 1. The molecule has 0 spiro atoms. The lowest BCUT2D eigenvalue weighted by molar-refractivity contribution is 0.107. The lowest BCUT2D eigenvalue weighted by Crippen LogP contribution is -2.43. The molecule has 4 atom stereocenters. The quantitative estimate of drug-likeness (QED) is 0.337. The number of rotatable bonds is 5. The van der Waals surface area contributed by atoms with Crippen LogP contribution >= 0.6 is 0 Å². The first-order valence-corrected chi connectivity index (χ1v) is 15.1. The minimum absolute atomic E-state index is 0.0120. The maximum Gasteiger partial charge on any atom is 0.319 e. The van der Waals surface area contributed by atoms with Gasteiger partial charge in [-0.3, -0.25) is 9.88 Å². The Hall–Kier alpha value is -3.70. The summed E-state index contributed by atoms with van der Waals surface area (Å²) < 4.78 is 52.3. The number of fused-ring (bicyclic) bond motifs is 7. The van der Waals surface area contributed by atoms with Crippen molar-refractivity contribution in [3.05, 3.63) is 48.2 Å². The first kappa shape index (κ1) is 26.9. The molecular weight excluding hydrogens is 557 g/mol. The van der Waals surface area contributed by atoms with Crippen LogP contribution in [0.2, 0.25) is 0 Å². The second-order valence-electron chi connectivity index (χ2n) is 12.7. The largest absolute Gasteiger partial charge is 0.508 e. The van der Waals surface area contributed by atoms with Crippen molar-refractivity contribution in [2.75, 3.05) is 44.2 Å². The number of phenols is 1. The van der Waals surface area contributed by atoms with Crippen molar-refractivity contribution in [3.63, 3.8) is 0 Å². The molecule has 5 aliphatic rings. The fraction of sp³-hybridized carbons (Fsp3) is 0.469. The van der Waals surface area contributed by atoms with E-state index < -0.39 is 23.3 Å². The molecule has 4 aromatic rings. The predicted molar refractivity (Wildman–Crippen MR) is 157 cm³/mol. The van der Waals surface area contributed by atoms with E-state index in [2.05, 4.69) is 25.1 Å². The van der Waals surface area contributed by atoms with Crippen LogP contribution < -0.4 is 15.0 Å². The van der Waals surface area contributed by atoms with Crippen molar-refractivity contribution in [1.82, 2.24) is 25.2 Å². The molecule has 7 heterocycles. The summed E-state index contributed by atoms with van der Waals surface area (Å²) in [5, 5.41) is 15.0. The van der Waals surface area contributed by atoms with E-state index >= 15 is 8.78 Å². The smallest absolute Gasteiger partial charge is 0.319 e. The number of ether oxygens (including phenoxy) is 1. The Labute approximate surface area is 246 Å². The van der Waals surface area contributed by atoms with Gasteiger partial charge in [-0.2, -0.15) is 9.97 Å². The molecule has 0 saturated carbocycles. The molecule has 11 heteroatoms. The molecule has 2 aromatic heterocycles. The van der Waals surface area contributed by atoms with Gasteiger partial charge in [-0.15, -0.1) is 0 Å². The molecule has 224 valence electrons. The molecule has 2 bridgehead atoms. The Morgan fingerprint density at radius 2 is 2.02 bits per heavy atom. The Balaban J connectivity index is 1.26. The van der Waals surface area contributed by atoms with E-state index in [1.165, 1.54) is 30.5 Å². The number of anilines is 1. The molecule has 9 rings (SSSR count). The van der Waals surface area contributed by atoms with Gasteiger partial charge in [-0.25, -0.2) is 13.2 Å². The molecular formula is C32H33F3N6O2. The first-order valence-electron chi connectivity index (χ1n) is 15.1. The summed E-state index contributed by atoms with van der Waals surface area (Å²) in [4.78, 5) is 18.2. The third-order valence-electron chi connectivity index (χ3n) is 9.88. The van der Waals surface area contributed by atoms with E-state index in [1.807, 2.05) is 0 Å². The van der Waals surface area contributed by atoms with Crippen molar-refractivity contribution in [1.29, 1.82) is 0 Å². The summed E-state index contributed by atoms with van der Waals surface area (Å²) >= 11 is 0. The molecule has 0 radical (unpaired) electrons. The zero-order valence-electron chi connectivity index (χ0n) is 23.7. The highest BCUT2D eigenvalue weighted by Gasteiger charge is 2.49. The third-order valence-corrected chi connectivity index (χ3v) is 9.88. The predicted octanol–water partition coefficient (Wildman–Crippen LogP) is 4.97. The van der Waals surface area contributed by atoms with Crippen LogP contribution in [0.25, 0.3) is 32.9 Å². The zero-order chi connectivity index (χ0) is 29.3. The van der Waals surface area contributed by atoms with Gasteiger partial charge in [-0.1, -0.05) is 12.1 Å². The summed E-state index contributed by atoms with van der Waals surface area (Å²) in [6, 6.07) is 7.57. The number of aromatic nitrogens is 3. The van der Waals surface area contributed by atoms with Crippen molar-refractivity contribution >= 4 is 27.5 Å². The third kappa shape index (κ3) is 4.55. The fourth-order valence-electron chi connectivity index (χ4n) is 7.83. The number of aromatic hydroxyl groups is 1. The van der Waals surface area contributed by atoms with Crippen LogP contribution in [0.4, 0.5) is 19.0 Å². The van der Waals surface area contributed by atoms with Gasteiger partial charge in [0.15, 0.2) is 5.82 Å². The number of alkyl halides is 1. The molecule has 0 amide bonds. The van der Waals surface area contributed by atoms with Gasteiger partial charge in [0.1, 0.15) is 41.4 Å². The second kappa shape index (κ2) is 10.2. The Bertz CT molecular complexity index is 1720. The highest BCUT2D eigenvalue weighted by molar-refractivity contribution is 6.00. The van der Waals surface area contributed by atoms with E-state index in [0.717, 1.165) is 45.3 Å². The fourth-order valence-corrected chi connectivity index (χ4v) is 7.83. The second-order valence-corrected chi connectivity index (χ2v) is 12.7. The lowest BCUT2D eigenvalue weighted by atomic mass is 9.95. The van der Waals surface area contributed by atoms with E-state index in [4.69, 9.17) is 9.72 Å². The number of piperidine rings is 1. The maximum absolute atomic E-state index is 16.6. The van der Waals surface area contributed by atoms with Gasteiger partial charge in [0.2, 0.25) is 0 Å². The molecule has 2 unspecified atom stereocenters. The van der Waals surface area contributed by atoms with E-state index in [9.17, 15) is 9.50 Å². The monoisotopic (exact) mass is 590 g/mol. The number of halogens is 3. The van der Waals surface area contributed by atoms with Crippen molar-refractivity contribution in [2.45, 2.75) is 49.9 Å². The van der Waals surface area contributed by atoms with Crippen molar-refractivity contribution < 1.29 is 23.0 Å². The van der Waals surface area contributed by atoms with Crippen LogP contribution in [0.5, 0.6) is 11.8 Å². The van der Waals surface area contributed by atoms with Crippen LogP contribution in [0.15, 0.2) is 36.5 Å². The molecule has 5 saturated heterocycles. The summed E-state index contributed by atoms with van der Waals surface area (Å²) in [5.74, 6) is -0.449. The standard InChI is InChI=1S/C32H33F3N6O2/c33-20-11-32(7-2-8-41(32)15-20)17-43-31-38-29-24(30(39-31)40-14-18-5-6-21(16-40)36-12-18)13-37-28(27(29)35)23-10-22(42)9-19-3-1-4-25(34)26(19)23/h1,3-4,9-10,13,18,20-21,36,42H,2,5-8,11-12,14-17H2/t18?,20-,21?,32+/m1/s1. The highest BCUT2D eigenvalue weighted by Crippen LogP contribution is 2.42. The number of hydrogen-bond acceptors (Lipinski definition) is 8. The van der Waals surface area contributed by atoms with Gasteiger partial charge >= 0.3 is 6.01 Å². The van der Waals surface area contributed by atoms with Gasteiger partial charge in [0, 0.05) is 49.2 Å². The maximum atomic E-state index is 16.6. The molecule has 2 N–H and O–H groups in total. The summed E-state index contributed by atoms with van der Waals surface area (Å²) in [6.07, 6.45) is 4.99. The number of pyridine rings is 1. The van der Waals surface area contributed by atoms with Crippen LogP contribution in [0.3, 0.4) is 0 Å². The van der Waals surface area contributed by atoms with Gasteiger partial charge in [-0.05, 0) is 68.3 Å². The summed E-state index contributed by atoms with van der Waals surface area (Å²) in [6.45, 7) is 3.82. The van der Waals surface area contributed by atoms with Gasteiger partial charge in [0.05, 0.1) is 10.9 Å². The minimum atomic E-state index is -0.902. The Morgan fingerprint density at radius 3 is 2.88 bits per heavy atom. The van der Waals surface area contributed by atoms with Crippen molar-refractivity contribution in [2.24, 2.45) is 5.92 Å². The molecule has 43 heavy (non-hydrogen) atoms. The number of benzene rings is 2. The number of hydrogen-bond donors (Lipinski definition) is 2. The van der Waals surface area contributed by atoms with Crippen LogP contribution in [-0.4, -0.2) is 82.0 Å². The topological polar surface area (TPSA) is 86.6 Å². The normalized spacial score (nSPS) is 27.2. The van der Waals surface area contributed by atoms with E-state index in [0.29, 0.717) is 42.0 Å². The number of phenolic OH excluding ortho intramolecular Hbond substituents is 1. The average molecular weight is 591 g/mol. The van der Waals surface area contributed by atoms with Crippen LogP contribution in [0, 0.1) is 17.6 Å². The zero-order valence-corrected chi connectivity index (χ0v) is 23.7. The number of nitrogens with zero attached hydrogens (tertiary/aromatic N) is 5. The molecule has 0 aliphatic carbocycles.